The lowest BCUT2D eigenvalue weighted by Gasteiger charge is -2.15. The van der Waals surface area contributed by atoms with E-state index in [1.807, 2.05) is 6.07 Å². The maximum Gasteiger partial charge on any atom is 0.119 e. The van der Waals surface area contributed by atoms with Crippen LogP contribution in [0.5, 0.6) is 5.75 Å². The molecule has 0 radical (unpaired) electrons. The van der Waals surface area contributed by atoms with Gasteiger partial charge in [0.1, 0.15) is 5.75 Å². The number of hydrogen-bond acceptors (Lipinski definition) is 4. The van der Waals surface area contributed by atoms with Crippen LogP contribution in [-0.4, -0.2) is 49.8 Å². The molecule has 0 unspecified atom stereocenters. The van der Waals surface area contributed by atoms with Crippen LogP contribution >= 0.6 is 0 Å². The molecule has 3 N–H and O–H groups in total. The Morgan fingerprint density at radius 1 is 1.07 bits per heavy atom. The van der Waals surface area contributed by atoms with E-state index >= 15 is 0 Å². The Labute approximate surface area is 162 Å². The normalized spacial score (nSPS) is 24.9. The molecule has 1 aliphatic carbocycles. The standard InChI is InChI=1S/C23H31N3O/c24-20-10-13-26(17-20)14-12-25-23-16-22(23)19-6-8-21(9-7-19)27-15-11-18-4-2-1-3-5-18/h1-9,20,22-23,25H,10-17,24H2/t20-,22+,23-/m1/s1. The summed E-state index contributed by atoms with van der Waals surface area (Å²) in [6, 6.07) is 20.2. The molecule has 2 aromatic rings. The number of ether oxygens (including phenoxy) is 1. The Morgan fingerprint density at radius 2 is 1.89 bits per heavy atom. The maximum absolute atomic E-state index is 5.97. The molecule has 1 heterocycles. The topological polar surface area (TPSA) is 50.5 Å². The summed E-state index contributed by atoms with van der Waals surface area (Å²) in [6.45, 7) is 5.11. The van der Waals surface area contributed by atoms with Gasteiger partial charge in [-0.1, -0.05) is 42.5 Å². The summed E-state index contributed by atoms with van der Waals surface area (Å²) in [5.41, 5.74) is 8.71. The molecule has 1 saturated carbocycles. The van der Waals surface area contributed by atoms with E-state index < -0.39 is 0 Å². The number of likely N-dealkylation sites (tertiary alicyclic amines) is 1. The van der Waals surface area contributed by atoms with Crippen molar-refractivity contribution in [3.05, 3.63) is 65.7 Å². The molecule has 4 rings (SSSR count). The molecule has 0 bridgehead atoms. The van der Waals surface area contributed by atoms with Gasteiger partial charge in [0.2, 0.25) is 0 Å². The molecule has 4 heteroatoms. The first-order chi connectivity index (χ1) is 13.3. The Bertz CT molecular complexity index is 703. The number of rotatable bonds is 9. The monoisotopic (exact) mass is 365 g/mol. The zero-order chi connectivity index (χ0) is 18.5. The molecule has 0 amide bonds. The Morgan fingerprint density at radius 3 is 2.63 bits per heavy atom. The largest absolute Gasteiger partial charge is 0.493 e. The second kappa shape index (κ2) is 8.87. The van der Waals surface area contributed by atoms with Crippen molar-refractivity contribution in [2.75, 3.05) is 32.8 Å². The van der Waals surface area contributed by atoms with Gasteiger partial charge in [-0.3, -0.25) is 0 Å². The first-order valence-corrected chi connectivity index (χ1v) is 10.3. The van der Waals surface area contributed by atoms with Gasteiger partial charge in [-0.25, -0.2) is 0 Å². The van der Waals surface area contributed by atoms with Crippen LogP contribution in [0.2, 0.25) is 0 Å². The highest BCUT2D eigenvalue weighted by Gasteiger charge is 2.37. The van der Waals surface area contributed by atoms with Gasteiger partial charge in [0.05, 0.1) is 6.61 Å². The smallest absolute Gasteiger partial charge is 0.119 e. The van der Waals surface area contributed by atoms with Crippen molar-refractivity contribution >= 4 is 0 Å². The van der Waals surface area contributed by atoms with Gasteiger partial charge in [0, 0.05) is 44.1 Å². The van der Waals surface area contributed by atoms with Gasteiger partial charge in [0.25, 0.3) is 0 Å². The SMILES string of the molecule is N[C@@H]1CCN(CCN[C@@H]2C[C@H]2c2ccc(OCCc3ccccc3)cc2)C1. The van der Waals surface area contributed by atoms with Gasteiger partial charge in [-0.15, -0.1) is 0 Å². The van der Waals surface area contributed by atoms with Crippen molar-refractivity contribution in [1.82, 2.24) is 10.2 Å². The third-order valence-corrected chi connectivity index (χ3v) is 5.74. The highest BCUT2D eigenvalue weighted by molar-refractivity contribution is 5.33. The van der Waals surface area contributed by atoms with E-state index in [0.29, 0.717) is 18.0 Å². The molecule has 1 saturated heterocycles. The average molecular weight is 366 g/mol. The summed E-state index contributed by atoms with van der Waals surface area (Å²) in [4.78, 5) is 2.47. The highest BCUT2D eigenvalue weighted by Crippen LogP contribution is 2.41. The molecule has 0 spiro atoms. The zero-order valence-corrected chi connectivity index (χ0v) is 16.0. The molecule has 0 aromatic heterocycles. The van der Waals surface area contributed by atoms with Crippen molar-refractivity contribution in [2.45, 2.75) is 37.3 Å². The van der Waals surface area contributed by atoms with Crippen molar-refractivity contribution in [3.8, 4) is 5.75 Å². The van der Waals surface area contributed by atoms with E-state index in [9.17, 15) is 0 Å². The maximum atomic E-state index is 5.97. The predicted molar refractivity (Wildman–Crippen MR) is 110 cm³/mol. The number of hydrogen-bond donors (Lipinski definition) is 2. The molecule has 2 aromatic carbocycles. The van der Waals surface area contributed by atoms with Crippen LogP contribution in [0.15, 0.2) is 54.6 Å². The van der Waals surface area contributed by atoms with Gasteiger partial charge in [0.15, 0.2) is 0 Å². The highest BCUT2D eigenvalue weighted by atomic mass is 16.5. The fourth-order valence-corrected chi connectivity index (χ4v) is 4.01. The van der Waals surface area contributed by atoms with Gasteiger partial charge < -0.3 is 20.7 Å². The molecule has 4 nitrogen and oxygen atoms in total. The molecule has 27 heavy (non-hydrogen) atoms. The first kappa shape index (κ1) is 18.5. The summed E-state index contributed by atoms with van der Waals surface area (Å²) in [5, 5.41) is 3.70. The van der Waals surface area contributed by atoms with Crippen LogP contribution in [0, 0.1) is 0 Å². The fourth-order valence-electron chi connectivity index (χ4n) is 4.01. The van der Waals surface area contributed by atoms with Crippen LogP contribution in [-0.2, 0) is 6.42 Å². The first-order valence-electron chi connectivity index (χ1n) is 10.3. The molecule has 144 valence electrons. The van der Waals surface area contributed by atoms with E-state index in [2.05, 4.69) is 58.7 Å². The number of benzene rings is 2. The fraction of sp³-hybridized carbons (Fsp3) is 0.478. The lowest BCUT2D eigenvalue weighted by atomic mass is 10.1. The minimum atomic E-state index is 0.382. The van der Waals surface area contributed by atoms with Crippen LogP contribution in [0.25, 0.3) is 0 Å². The summed E-state index contributed by atoms with van der Waals surface area (Å²) in [7, 11) is 0. The van der Waals surface area contributed by atoms with Crippen molar-refractivity contribution in [2.24, 2.45) is 5.73 Å². The van der Waals surface area contributed by atoms with Gasteiger partial charge >= 0.3 is 0 Å². The molecule has 2 fully saturated rings. The third-order valence-electron chi connectivity index (χ3n) is 5.74. The minimum Gasteiger partial charge on any atom is -0.493 e. The van der Waals surface area contributed by atoms with Crippen LogP contribution in [0.1, 0.15) is 29.9 Å². The molecule has 3 atom stereocenters. The zero-order valence-electron chi connectivity index (χ0n) is 16.0. The van der Waals surface area contributed by atoms with E-state index in [-0.39, 0.29) is 0 Å². The lowest BCUT2D eigenvalue weighted by molar-refractivity contribution is 0.322. The molecular formula is C23H31N3O. The second-order valence-corrected chi connectivity index (χ2v) is 7.91. The summed E-state index contributed by atoms with van der Waals surface area (Å²) in [5.74, 6) is 1.62. The molecule has 2 aliphatic rings. The minimum absolute atomic E-state index is 0.382. The predicted octanol–water partition coefficient (Wildman–Crippen LogP) is 2.79. The van der Waals surface area contributed by atoms with E-state index in [4.69, 9.17) is 10.5 Å². The van der Waals surface area contributed by atoms with Gasteiger partial charge in [-0.05, 0) is 42.6 Å². The summed E-state index contributed by atoms with van der Waals surface area (Å²) < 4.78 is 5.89. The second-order valence-electron chi connectivity index (χ2n) is 7.91. The molecule has 1 aliphatic heterocycles. The Kier molecular flexibility index (Phi) is 6.07. The number of nitrogens with zero attached hydrogens (tertiary/aromatic N) is 1. The molecular weight excluding hydrogens is 334 g/mol. The van der Waals surface area contributed by atoms with Crippen molar-refractivity contribution in [1.29, 1.82) is 0 Å². The Hall–Kier alpha value is -1.88. The lowest BCUT2D eigenvalue weighted by Crippen LogP contribution is -2.33. The average Bonchev–Trinajstić information content (AvgIpc) is 3.35. The quantitative estimate of drug-likeness (QED) is 0.717. The summed E-state index contributed by atoms with van der Waals surface area (Å²) >= 11 is 0. The summed E-state index contributed by atoms with van der Waals surface area (Å²) in [6.07, 6.45) is 3.33. The van der Waals surface area contributed by atoms with Crippen LogP contribution in [0.4, 0.5) is 0 Å². The van der Waals surface area contributed by atoms with E-state index in [0.717, 1.165) is 51.4 Å². The third kappa shape index (κ3) is 5.32. The number of nitrogens with two attached hydrogens (primary N) is 1. The van der Waals surface area contributed by atoms with Crippen LogP contribution < -0.4 is 15.8 Å². The number of nitrogens with one attached hydrogen (secondary N) is 1. The van der Waals surface area contributed by atoms with Crippen molar-refractivity contribution < 1.29 is 4.74 Å². The van der Waals surface area contributed by atoms with Crippen molar-refractivity contribution in [3.63, 3.8) is 0 Å². The van der Waals surface area contributed by atoms with E-state index in [1.54, 1.807) is 0 Å². The van der Waals surface area contributed by atoms with Crippen LogP contribution in [0.3, 0.4) is 0 Å². The van der Waals surface area contributed by atoms with E-state index in [1.165, 1.54) is 17.5 Å². The van der Waals surface area contributed by atoms with Gasteiger partial charge in [-0.2, -0.15) is 0 Å². The Balaban J connectivity index is 1.15.